The van der Waals surface area contributed by atoms with Crippen LogP contribution in [0.3, 0.4) is 0 Å². The SMILES string of the molecule is O=C1C(CN2CCOCC2)OC=[N+]1[N-]C=C1C=CC=CC1. The topological polar surface area (TPSA) is 55.9 Å². The summed E-state index contributed by atoms with van der Waals surface area (Å²) in [5, 5.41) is 0. The van der Waals surface area contributed by atoms with Crippen LogP contribution in [0, 0.1) is 0 Å². The molecule has 0 N–H and O–H groups in total. The minimum atomic E-state index is -0.466. The second kappa shape index (κ2) is 6.69. The van der Waals surface area contributed by atoms with Crippen LogP contribution in [-0.4, -0.2) is 60.8 Å². The summed E-state index contributed by atoms with van der Waals surface area (Å²) in [5.41, 5.74) is 5.25. The van der Waals surface area contributed by atoms with Crippen LogP contribution in [-0.2, 0) is 14.3 Å². The molecule has 1 atom stereocenters. The smallest absolute Gasteiger partial charge is 0.427 e. The van der Waals surface area contributed by atoms with Crippen molar-refractivity contribution in [2.75, 3.05) is 32.8 Å². The molecule has 21 heavy (non-hydrogen) atoms. The van der Waals surface area contributed by atoms with Crippen LogP contribution in [0.2, 0.25) is 0 Å². The van der Waals surface area contributed by atoms with Gasteiger partial charge in [-0.2, -0.15) is 4.68 Å². The monoisotopic (exact) mass is 289 g/mol. The highest BCUT2D eigenvalue weighted by Crippen LogP contribution is 2.14. The van der Waals surface area contributed by atoms with Crippen molar-refractivity contribution >= 4 is 12.3 Å². The van der Waals surface area contributed by atoms with Crippen molar-refractivity contribution in [3.8, 4) is 0 Å². The Labute approximate surface area is 124 Å². The number of nitrogens with zero attached hydrogens (tertiary/aromatic N) is 3. The van der Waals surface area contributed by atoms with Crippen molar-refractivity contribution in [2.45, 2.75) is 12.5 Å². The lowest BCUT2D eigenvalue weighted by Gasteiger charge is -2.27. The molecule has 0 saturated carbocycles. The Bertz CT molecular complexity index is 516. The maximum atomic E-state index is 12.2. The summed E-state index contributed by atoms with van der Waals surface area (Å²) < 4.78 is 12.0. The number of hydrogen-bond acceptors (Lipinski definition) is 4. The second-order valence-electron chi connectivity index (χ2n) is 5.14. The number of ether oxygens (including phenoxy) is 2. The fourth-order valence-electron chi connectivity index (χ4n) is 2.37. The van der Waals surface area contributed by atoms with E-state index in [1.807, 2.05) is 18.2 Å². The first kappa shape index (κ1) is 14.0. The quantitative estimate of drug-likeness (QED) is 0.724. The van der Waals surface area contributed by atoms with Crippen LogP contribution >= 0.6 is 0 Å². The largest absolute Gasteiger partial charge is 0.430 e. The Kier molecular flexibility index (Phi) is 4.47. The van der Waals surface area contributed by atoms with E-state index in [2.05, 4.69) is 16.4 Å². The predicted octanol–water partition coefficient (Wildman–Crippen LogP) is 0.974. The lowest BCUT2D eigenvalue weighted by Crippen LogP contribution is -2.43. The summed E-state index contributed by atoms with van der Waals surface area (Å²) in [4.78, 5) is 14.4. The van der Waals surface area contributed by atoms with Crippen LogP contribution in [0.5, 0.6) is 0 Å². The zero-order chi connectivity index (χ0) is 14.5. The van der Waals surface area contributed by atoms with Crippen LogP contribution in [0.25, 0.3) is 5.43 Å². The van der Waals surface area contributed by atoms with Crippen molar-refractivity contribution < 1.29 is 19.0 Å². The third-order valence-electron chi connectivity index (χ3n) is 3.61. The normalized spacial score (nSPS) is 27.8. The Morgan fingerprint density at radius 3 is 3.00 bits per heavy atom. The van der Waals surface area contributed by atoms with Gasteiger partial charge in [0.25, 0.3) is 0 Å². The fraction of sp³-hybridized carbons (Fsp3) is 0.467. The van der Waals surface area contributed by atoms with E-state index in [0.717, 1.165) is 25.1 Å². The van der Waals surface area contributed by atoms with Crippen molar-refractivity contribution in [1.82, 2.24) is 4.90 Å². The van der Waals surface area contributed by atoms with Crippen molar-refractivity contribution in [3.63, 3.8) is 0 Å². The minimum absolute atomic E-state index is 0.117. The third kappa shape index (κ3) is 3.59. The van der Waals surface area contributed by atoms with E-state index >= 15 is 0 Å². The van der Waals surface area contributed by atoms with E-state index in [-0.39, 0.29) is 5.91 Å². The highest BCUT2D eigenvalue weighted by atomic mass is 16.5. The first-order valence-electron chi connectivity index (χ1n) is 7.18. The lowest BCUT2D eigenvalue weighted by molar-refractivity contribution is -0.387. The van der Waals surface area contributed by atoms with Crippen molar-refractivity contribution in [3.05, 3.63) is 41.5 Å². The van der Waals surface area contributed by atoms with Gasteiger partial charge in [0.05, 0.1) is 13.2 Å². The van der Waals surface area contributed by atoms with Gasteiger partial charge in [-0.05, 0) is 6.42 Å². The van der Waals surface area contributed by atoms with Gasteiger partial charge in [-0.25, -0.2) is 4.79 Å². The average Bonchev–Trinajstić information content (AvgIpc) is 2.88. The molecular formula is C15H19N3O3. The summed E-state index contributed by atoms with van der Waals surface area (Å²) in [6.45, 7) is 3.69. The molecule has 2 heterocycles. The van der Waals surface area contributed by atoms with Crippen molar-refractivity contribution in [1.29, 1.82) is 0 Å². The minimum Gasteiger partial charge on any atom is -0.430 e. The standard InChI is InChI=1S/C15H19N3O3/c19-15-14(11-17-6-8-20-9-7-17)21-12-18(15)16-10-13-4-2-1-3-5-13/h1-4,10,12,14H,5-9,11H2. The lowest BCUT2D eigenvalue weighted by atomic mass is 10.1. The number of morpholine rings is 1. The van der Waals surface area contributed by atoms with Gasteiger partial charge in [0.15, 0.2) is 0 Å². The zero-order valence-electron chi connectivity index (χ0n) is 11.9. The van der Waals surface area contributed by atoms with Gasteiger partial charge in [0.2, 0.25) is 6.10 Å². The summed E-state index contributed by atoms with van der Waals surface area (Å²) in [7, 11) is 0. The molecule has 1 fully saturated rings. The predicted molar refractivity (Wildman–Crippen MR) is 77.8 cm³/mol. The van der Waals surface area contributed by atoms with Gasteiger partial charge >= 0.3 is 12.3 Å². The number of carbonyl (C=O) groups excluding carboxylic acids is 1. The molecular weight excluding hydrogens is 270 g/mol. The first-order valence-corrected chi connectivity index (χ1v) is 7.18. The molecule has 3 rings (SSSR count). The summed E-state index contributed by atoms with van der Waals surface area (Å²) in [6, 6.07) is 0. The third-order valence-corrected chi connectivity index (χ3v) is 3.61. The second-order valence-corrected chi connectivity index (χ2v) is 5.14. The van der Waals surface area contributed by atoms with E-state index in [4.69, 9.17) is 9.47 Å². The van der Waals surface area contributed by atoms with Gasteiger partial charge in [-0.15, -0.1) is 6.20 Å². The molecule has 0 aromatic carbocycles. The van der Waals surface area contributed by atoms with Gasteiger partial charge in [-0.3, -0.25) is 4.90 Å². The first-order chi connectivity index (χ1) is 10.3. The summed E-state index contributed by atoms with van der Waals surface area (Å²) in [5.74, 6) is -0.117. The van der Waals surface area contributed by atoms with E-state index in [9.17, 15) is 4.79 Å². The number of amides is 1. The zero-order valence-corrected chi connectivity index (χ0v) is 11.9. The molecule has 1 amide bonds. The number of rotatable bonds is 4. The molecule has 2 aliphatic heterocycles. The molecule has 112 valence electrons. The number of carbonyl (C=O) groups is 1. The summed E-state index contributed by atoms with van der Waals surface area (Å²) in [6.07, 6.45) is 11.4. The van der Waals surface area contributed by atoms with E-state index in [1.165, 1.54) is 11.1 Å². The van der Waals surface area contributed by atoms with E-state index in [0.29, 0.717) is 19.8 Å². The molecule has 0 radical (unpaired) electrons. The maximum Gasteiger partial charge on any atom is 0.427 e. The molecule has 3 aliphatic rings. The molecule has 0 bridgehead atoms. The molecule has 6 heteroatoms. The van der Waals surface area contributed by atoms with Gasteiger partial charge in [0.1, 0.15) is 0 Å². The van der Waals surface area contributed by atoms with E-state index < -0.39 is 6.10 Å². The van der Waals surface area contributed by atoms with Crippen LogP contribution in [0.1, 0.15) is 6.42 Å². The van der Waals surface area contributed by atoms with Crippen LogP contribution in [0.15, 0.2) is 36.1 Å². The maximum absolute atomic E-state index is 12.2. The highest BCUT2D eigenvalue weighted by Gasteiger charge is 2.35. The molecule has 6 nitrogen and oxygen atoms in total. The van der Waals surface area contributed by atoms with Crippen LogP contribution in [0.4, 0.5) is 0 Å². The van der Waals surface area contributed by atoms with Gasteiger partial charge < -0.3 is 14.9 Å². The molecule has 0 spiro atoms. The highest BCUT2D eigenvalue weighted by molar-refractivity contribution is 5.81. The van der Waals surface area contributed by atoms with Gasteiger partial charge in [0, 0.05) is 19.6 Å². The molecule has 0 aromatic rings. The Morgan fingerprint density at radius 1 is 1.38 bits per heavy atom. The molecule has 1 aliphatic carbocycles. The molecule has 1 saturated heterocycles. The number of hydrogen-bond donors (Lipinski definition) is 0. The van der Waals surface area contributed by atoms with E-state index in [1.54, 1.807) is 6.20 Å². The number of allylic oxidation sites excluding steroid dienone is 5. The van der Waals surface area contributed by atoms with Crippen LogP contribution < -0.4 is 0 Å². The Balaban J connectivity index is 1.51. The van der Waals surface area contributed by atoms with Gasteiger partial charge in [-0.1, -0.05) is 29.9 Å². The fourth-order valence-corrected chi connectivity index (χ4v) is 2.37. The average molecular weight is 289 g/mol. The van der Waals surface area contributed by atoms with Crippen molar-refractivity contribution in [2.24, 2.45) is 0 Å². The molecule has 1 unspecified atom stereocenters. The Hall–Kier alpha value is -1.92. The summed E-state index contributed by atoms with van der Waals surface area (Å²) >= 11 is 0. The molecule has 0 aromatic heterocycles. The Morgan fingerprint density at radius 2 is 2.24 bits per heavy atom.